The molecule has 2 N–H and O–H groups in total. The summed E-state index contributed by atoms with van der Waals surface area (Å²) in [6.07, 6.45) is 2.13. The first-order valence-electron chi connectivity index (χ1n) is 8.06. The largest absolute Gasteiger partial charge is 0.351 e. The Bertz CT molecular complexity index is 501. The molecular formula is C17H26FN3O. The molecule has 1 aromatic carbocycles. The van der Waals surface area contributed by atoms with Gasteiger partial charge in [0, 0.05) is 19.1 Å². The van der Waals surface area contributed by atoms with Crippen LogP contribution in [0, 0.1) is 12.7 Å². The van der Waals surface area contributed by atoms with Crippen LogP contribution in [0.25, 0.3) is 0 Å². The van der Waals surface area contributed by atoms with Gasteiger partial charge in [-0.25, -0.2) is 4.39 Å². The van der Waals surface area contributed by atoms with Crippen LogP contribution in [0.2, 0.25) is 0 Å². The maximum Gasteiger partial charge on any atom is 0.234 e. The van der Waals surface area contributed by atoms with Crippen molar-refractivity contribution in [3.63, 3.8) is 0 Å². The predicted octanol–water partition coefficient (Wildman–Crippen LogP) is 1.82. The molecule has 1 fully saturated rings. The number of carbonyl (C=O) groups excluding carboxylic acids is 1. The lowest BCUT2D eigenvalue weighted by Crippen LogP contribution is -2.44. The lowest BCUT2D eigenvalue weighted by atomic mass is 10.1. The molecule has 4 nitrogen and oxygen atoms in total. The number of nitrogens with one attached hydrogen (secondary N) is 2. The van der Waals surface area contributed by atoms with Gasteiger partial charge >= 0.3 is 0 Å². The van der Waals surface area contributed by atoms with Crippen molar-refractivity contribution in [3.8, 4) is 0 Å². The molecule has 0 spiro atoms. The first-order valence-corrected chi connectivity index (χ1v) is 8.06. The van der Waals surface area contributed by atoms with E-state index in [4.69, 9.17) is 0 Å². The SMILES string of the molecule is CCCN(CC(=O)NCc1ccc(C)c(F)c1)C1CCNC1. The van der Waals surface area contributed by atoms with Crippen molar-refractivity contribution in [2.45, 2.75) is 39.3 Å². The minimum atomic E-state index is -0.226. The third-order valence-electron chi connectivity index (χ3n) is 4.13. The van der Waals surface area contributed by atoms with Gasteiger partial charge < -0.3 is 10.6 Å². The second-order valence-electron chi connectivity index (χ2n) is 5.98. The summed E-state index contributed by atoms with van der Waals surface area (Å²) < 4.78 is 13.5. The topological polar surface area (TPSA) is 44.4 Å². The Morgan fingerprint density at radius 3 is 2.95 bits per heavy atom. The Labute approximate surface area is 132 Å². The molecule has 1 aromatic rings. The molecule has 1 saturated heterocycles. The molecule has 1 amide bonds. The second kappa shape index (κ2) is 8.25. The van der Waals surface area contributed by atoms with Crippen LogP contribution < -0.4 is 10.6 Å². The van der Waals surface area contributed by atoms with Gasteiger partial charge in [0.1, 0.15) is 5.82 Å². The van der Waals surface area contributed by atoms with Gasteiger partial charge in [-0.2, -0.15) is 0 Å². The minimum Gasteiger partial charge on any atom is -0.351 e. The minimum absolute atomic E-state index is 0.00123. The Kier molecular flexibility index (Phi) is 6.34. The van der Waals surface area contributed by atoms with E-state index in [0.717, 1.165) is 38.0 Å². The number of benzene rings is 1. The highest BCUT2D eigenvalue weighted by Gasteiger charge is 2.23. The standard InChI is InChI=1S/C17H26FN3O/c1-3-8-21(15-6-7-19-11-15)12-17(22)20-10-14-5-4-13(2)16(18)9-14/h4-5,9,15,19H,3,6-8,10-12H2,1-2H3,(H,20,22). The molecule has 1 unspecified atom stereocenters. The molecule has 5 heteroatoms. The molecule has 0 aromatic heterocycles. The van der Waals surface area contributed by atoms with Crippen molar-refractivity contribution in [2.75, 3.05) is 26.2 Å². The number of amides is 1. The Morgan fingerprint density at radius 2 is 2.32 bits per heavy atom. The van der Waals surface area contributed by atoms with Crippen LogP contribution in [0.15, 0.2) is 18.2 Å². The van der Waals surface area contributed by atoms with Crippen LogP contribution in [0.1, 0.15) is 30.9 Å². The van der Waals surface area contributed by atoms with Gasteiger partial charge in [0.25, 0.3) is 0 Å². The number of hydrogen-bond donors (Lipinski definition) is 2. The van der Waals surface area contributed by atoms with E-state index in [0.29, 0.717) is 24.7 Å². The fourth-order valence-electron chi connectivity index (χ4n) is 2.82. The zero-order valence-electron chi connectivity index (χ0n) is 13.5. The van der Waals surface area contributed by atoms with Gasteiger partial charge in [-0.3, -0.25) is 9.69 Å². The van der Waals surface area contributed by atoms with Gasteiger partial charge in [0.15, 0.2) is 0 Å². The molecule has 2 rings (SSSR count). The van der Waals surface area contributed by atoms with Crippen LogP contribution >= 0.6 is 0 Å². The molecule has 1 atom stereocenters. The first-order chi connectivity index (χ1) is 10.6. The lowest BCUT2D eigenvalue weighted by molar-refractivity contribution is -0.122. The van der Waals surface area contributed by atoms with E-state index in [1.165, 1.54) is 6.07 Å². The summed E-state index contributed by atoms with van der Waals surface area (Å²) in [4.78, 5) is 14.4. The quantitative estimate of drug-likeness (QED) is 0.808. The highest BCUT2D eigenvalue weighted by molar-refractivity contribution is 5.78. The maximum atomic E-state index is 13.5. The van der Waals surface area contributed by atoms with Crippen molar-refractivity contribution in [1.29, 1.82) is 0 Å². The predicted molar refractivity (Wildman–Crippen MR) is 86.1 cm³/mol. The summed E-state index contributed by atoms with van der Waals surface area (Å²) in [5.74, 6) is -0.224. The van der Waals surface area contributed by atoms with E-state index in [2.05, 4.69) is 22.5 Å². The molecule has 0 bridgehead atoms. The van der Waals surface area contributed by atoms with E-state index < -0.39 is 0 Å². The average Bonchev–Trinajstić information content (AvgIpc) is 3.02. The van der Waals surface area contributed by atoms with E-state index >= 15 is 0 Å². The highest BCUT2D eigenvalue weighted by Crippen LogP contribution is 2.10. The first kappa shape index (κ1) is 16.9. The fourth-order valence-corrected chi connectivity index (χ4v) is 2.82. The molecule has 1 aliphatic rings. The molecule has 1 heterocycles. The van der Waals surface area contributed by atoms with Crippen LogP contribution in [0.4, 0.5) is 4.39 Å². The van der Waals surface area contributed by atoms with Gasteiger partial charge in [0.2, 0.25) is 5.91 Å². The number of halogens is 1. The van der Waals surface area contributed by atoms with Gasteiger partial charge in [-0.05, 0) is 50.0 Å². The normalized spacial score (nSPS) is 17.9. The third-order valence-corrected chi connectivity index (χ3v) is 4.13. The zero-order valence-corrected chi connectivity index (χ0v) is 13.5. The molecule has 0 radical (unpaired) electrons. The molecule has 22 heavy (non-hydrogen) atoms. The second-order valence-corrected chi connectivity index (χ2v) is 5.98. The van der Waals surface area contributed by atoms with Gasteiger partial charge in [-0.15, -0.1) is 0 Å². The van der Waals surface area contributed by atoms with Crippen molar-refractivity contribution in [3.05, 3.63) is 35.1 Å². The van der Waals surface area contributed by atoms with Crippen molar-refractivity contribution >= 4 is 5.91 Å². The van der Waals surface area contributed by atoms with Crippen LogP contribution in [0.5, 0.6) is 0 Å². The smallest absolute Gasteiger partial charge is 0.234 e. The number of rotatable bonds is 7. The maximum absolute atomic E-state index is 13.5. The molecule has 0 aliphatic carbocycles. The fraction of sp³-hybridized carbons (Fsp3) is 0.588. The van der Waals surface area contributed by atoms with E-state index in [-0.39, 0.29) is 11.7 Å². The number of carbonyl (C=O) groups is 1. The summed E-state index contributed by atoms with van der Waals surface area (Å²) in [6.45, 7) is 7.55. The number of hydrogen-bond acceptors (Lipinski definition) is 3. The van der Waals surface area contributed by atoms with Crippen molar-refractivity contribution < 1.29 is 9.18 Å². The van der Waals surface area contributed by atoms with E-state index in [1.54, 1.807) is 13.0 Å². The Hall–Kier alpha value is -1.46. The monoisotopic (exact) mass is 307 g/mol. The van der Waals surface area contributed by atoms with Crippen LogP contribution in [0.3, 0.4) is 0 Å². The lowest BCUT2D eigenvalue weighted by Gasteiger charge is -2.27. The van der Waals surface area contributed by atoms with E-state index in [1.807, 2.05) is 6.07 Å². The van der Waals surface area contributed by atoms with Crippen LogP contribution in [-0.4, -0.2) is 43.0 Å². The zero-order chi connectivity index (χ0) is 15.9. The third kappa shape index (κ3) is 4.78. The van der Waals surface area contributed by atoms with Crippen molar-refractivity contribution in [2.24, 2.45) is 0 Å². The van der Waals surface area contributed by atoms with Gasteiger partial charge in [-0.1, -0.05) is 19.1 Å². The van der Waals surface area contributed by atoms with Gasteiger partial charge in [0.05, 0.1) is 6.54 Å². The Morgan fingerprint density at radius 1 is 1.50 bits per heavy atom. The molecule has 1 aliphatic heterocycles. The summed E-state index contributed by atoms with van der Waals surface area (Å²) >= 11 is 0. The van der Waals surface area contributed by atoms with Crippen molar-refractivity contribution in [1.82, 2.24) is 15.5 Å². The summed E-state index contributed by atoms with van der Waals surface area (Å²) in [7, 11) is 0. The Balaban J connectivity index is 1.83. The van der Waals surface area contributed by atoms with E-state index in [9.17, 15) is 9.18 Å². The number of nitrogens with zero attached hydrogens (tertiary/aromatic N) is 1. The summed E-state index contributed by atoms with van der Waals surface area (Å²) in [5.41, 5.74) is 1.42. The molecular weight excluding hydrogens is 281 g/mol. The number of aryl methyl sites for hydroxylation is 1. The summed E-state index contributed by atoms with van der Waals surface area (Å²) in [6, 6.07) is 5.52. The summed E-state index contributed by atoms with van der Waals surface area (Å²) in [5, 5.41) is 6.23. The molecule has 0 saturated carbocycles. The highest BCUT2D eigenvalue weighted by atomic mass is 19.1. The molecule has 122 valence electrons. The van der Waals surface area contributed by atoms with Crippen LogP contribution in [-0.2, 0) is 11.3 Å². The average molecular weight is 307 g/mol.